The van der Waals surface area contributed by atoms with Gasteiger partial charge in [-0.05, 0) is 55.3 Å². The van der Waals surface area contributed by atoms with Crippen molar-refractivity contribution in [3.05, 3.63) is 95.1 Å². The number of benzene rings is 2. The van der Waals surface area contributed by atoms with Crippen LogP contribution in [0.25, 0.3) is 0 Å². The van der Waals surface area contributed by atoms with Gasteiger partial charge in [0.25, 0.3) is 0 Å². The van der Waals surface area contributed by atoms with E-state index in [1.807, 2.05) is 42.2 Å². The van der Waals surface area contributed by atoms with E-state index in [4.69, 9.17) is 5.73 Å². The molecule has 0 saturated carbocycles. The van der Waals surface area contributed by atoms with Crippen molar-refractivity contribution in [1.82, 2.24) is 4.98 Å². The van der Waals surface area contributed by atoms with Crippen molar-refractivity contribution in [2.45, 2.75) is 30.6 Å². The number of aromatic nitrogens is 1. The van der Waals surface area contributed by atoms with Crippen LogP contribution in [-0.2, 0) is 21.8 Å². The van der Waals surface area contributed by atoms with Crippen molar-refractivity contribution < 1.29 is 17.6 Å². The van der Waals surface area contributed by atoms with Crippen molar-refractivity contribution in [3.8, 4) is 0 Å². The molecular formula is C27H27FN4O3S. The van der Waals surface area contributed by atoms with Gasteiger partial charge in [-0.1, -0.05) is 30.3 Å². The van der Waals surface area contributed by atoms with E-state index in [9.17, 15) is 13.2 Å². The lowest BCUT2D eigenvalue weighted by molar-refractivity contribution is 0.0988. The van der Waals surface area contributed by atoms with E-state index in [2.05, 4.69) is 9.98 Å². The maximum atomic E-state index is 15.0. The maximum absolute atomic E-state index is 15.0. The molecule has 0 radical (unpaired) electrons. The second kappa shape index (κ2) is 8.51. The summed E-state index contributed by atoms with van der Waals surface area (Å²) in [5.41, 5.74) is 7.72. The Labute approximate surface area is 209 Å². The Morgan fingerprint density at radius 1 is 1.11 bits per heavy atom. The van der Waals surface area contributed by atoms with E-state index in [0.717, 1.165) is 11.3 Å². The van der Waals surface area contributed by atoms with Crippen molar-refractivity contribution in [1.29, 1.82) is 0 Å². The monoisotopic (exact) mass is 506 g/mol. The number of hydrogen-bond acceptors (Lipinski definition) is 7. The zero-order valence-corrected chi connectivity index (χ0v) is 20.9. The molecule has 0 aliphatic carbocycles. The number of nitrogens with zero attached hydrogens (tertiary/aromatic N) is 3. The van der Waals surface area contributed by atoms with Crippen LogP contribution in [0, 0.1) is 12.7 Å². The average Bonchev–Trinajstić information content (AvgIpc) is 2.79. The lowest BCUT2D eigenvalue weighted by Crippen LogP contribution is -2.74. The number of rotatable bonds is 5. The molecule has 5 rings (SSSR count). The summed E-state index contributed by atoms with van der Waals surface area (Å²) in [4.78, 5) is 23.4. The number of amidine groups is 1. The molecule has 1 saturated heterocycles. The summed E-state index contributed by atoms with van der Waals surface area (Å²) in [6, 6.07) is 17.2. The molecule has 7 nitrogen and oxygen atoms in total. The molecular weight excluding hydrogens is 479 g/mol. The third-order valence-electron chi connectivity index (χ3n) is 7.09. The number of nitrogens with two attached hydrogens (primary N) is 1. The number of carbonyl (C=O) groups excluding carboxylic acids is 1. The van der Waals surface area contributed by atoms with Crippen molar-refractivity contribution in [2.24, 2.45) is 10.7 Å². The number of sulfone groups is 1. The molecule has 1 atom stereocenters. The summed E-state index contributed by atoms with van der Waals surface area (Å²) in [6.45, 7) is 3.85. The second-order valence-corrected chi connectivity index (χ2v) is 12.2. The van der Waals surface area contributed by atoms with Crippen molar-refractivity contribution in [3.63, 3.8) is 0 Å². The zero-order valence-electron chi connectivity index (χ0n) is 20.1. The Kier molecular flexibility index (Phi) is 5.70. The first-order valence-corrected chi connectivity index (χ1v) is 13.3. The van der Waals surface area contributed by atoms with E-state index < -0.39 is 25.9 Å². The average molecular weight is 507 g/mol. The number of Topliss-reactive ketones (excluding diaryl/α,β-unsaturated/α-hetero) is 1. The molecule has 1 spiro atoms. The highest BCUT2D eigenvalue weighted by molar-refractivity contribution is 7.93. The van der Waals surface area contributed by atoms with Gasteiger partial charge in [0.15, 0.2) is 20.4 Å². The predicted octanol–water partition coefficient (Wildman–Crippen LogP) is 3.21. The van der Waals surface area contributed by atoms with Crippen molar-refractivity contribution >= 4 is 27.1 Å². The molecule has 9 heteroatoms. The fourth-order valence-corrected chi connectivity index (χ4v) is 7.27. The van der Waals surface area contributed by atoms with Crippen LogP contribution in [0.4, 0.5) is 10.1 Å². The van der Waals surface area contributed by atoms with E-state index in [1.54, 1.807) is 25.3 Å². The number of para-hydroxylation sites is 1. The highest BCUT2D eigenvalue weighted by Crippen LogP contribution is 2.43. The largest absolute Gasteiger partial charge is 0.386 e. The van der Waals surface area contributed by atoms with Crippen LogP contribution in [0.5, 0.6) is 0 Å². The Bertz CT molecular complexity index is 1470. The van der Waals surface area contributed by atoms with Crippen LogP contribution in [0.3, 0.4) is 0 Å². The number of aliphatic imine (C=N–C) groups is 1. The molecule has 3 aromatic rings. The summed E-state index contributed by atoms with van der Waals surface area (Å²) in [5.74, 6) is -1.19. The first-order valence-electron chi connectivity index (χ1n) is 11.7. The fraction of sp³-hybridized carbons (Fsp3) is 0.296. The first kappa shape index (κ1) is 24.1. The minimum absolute atomic E-state index is 0.00133. The topological polar surface area (TPSA) is 106 Å². The van der Waals surface area contributed by atoms with Gasteiger partial charge < -0.3 is 10.6 Å². The molecule has 186 valence electrons. The normalized spacial score (nSPS) is 22.1. The highest BCUT2D eigenvalue weighted by Gasteiger charge is 2.61. The van der Waals surface area contributed by atoms with Crippen LogP contribution < -0.4 is 10.6 Å². The molecule has 2 aliphatic heterocycles. The summed E-state index contributed by atoms with van der Waals surface area (Å²) in [7, 11) is -3.77. The van der Waals surface area contributed by atoms with Gasteiger partial charge in [0.1, 0.15) is 22.9 Å². The third kappa shape index (κ3) is 3.97. The SMILES string of the molecule is Cc1ccc(C(=O)Cc2ccc(F)c([C@]3(C)CS(=O)(=O)C4(CN(c5ccccc5)C4)C(N)=N3)c2)nc1. The minimum Gasteiger partial charge on any atom is -0.386 e. The van der Waals surface area contributed by atoms with Gasteiger partial charge in [-0.25, -0.2) is 12.8 Å². The zero-order chi connectivity index (χ0) is 25.7. The van der Waals surface area contributed by atoms with Gasteiger partial charge in [0, 0.05) is 37.0 Å². The quantitative estimate of drug-likeness (QED) is 0.533. The lowest BCUT2D eigenvalue weighted by Gasteiger charge is -2.53. The molecule has 1 aromatic heterocycles. The number of carbonyl (C=O) groups is 1. The standard InChI is InChI=1S/C27H27FN4O3S/c1-18-8-11-23(30-14-18)24(33)13-19-9-10-22(28)21(12-19)26(2)17-36(34,35)27(25(29)31-26)15-32(16-27)20-6-4-3-5-7-20/h3-12,14H,13,15-17H2,1-2H3,(H2,29,31)/t26-/m0/s1. The van der Waals surface area contributed by atoms with E-state index >= 15 is 4.39 Å². The molecule has 1 fully saturated rings. The Morgan fingerprint density at radius 2 is 1.83 bits per heavy atom. The molecule has 0 unspecified atom stereocenters. The van der Waals surface area contributed by atoms with Gasteiger partial charge in [0.2, 0.25) is 0 Å². The molecule has 2 aromatic carbocycles. The first-order chi connectivity index (χ1) is 17.0. The highest BCUT2D eigenvalue weighted by atomic mass is 32.2. The molecule has 0 bridgehead atoms. The van der Waals surface area contributed by atoms with Crippen LogP contribution >= 0.6 is 0 Å². The number of pyridine rings is 1. The Morgan fingerprint density at radius 3 is 2.47 bits per heavy atom. The molecule has 2 N–H and O–H groups in total. The Balaban J connectivity index is 1.44. The van der Waals surface area contributed by atoms with Gasteiger partial charge in [-0.15, -0.1) is 0 Å². The van der Waals surface area contributed by atoms with Gasteiger partial charge >= 0.3 is 0 Å². The number of anilines is 1. The number of hydrogen-bond donors (Lipinski definition) is 1. The summed E-state index contributed by atoms with van der Waals surface area (Å²) < 4.78 is 40.9. The second-order valence-electron chi connectivity index (χ2n) is 9.85. The van der Waals surface area contributed by atoms with Gasteiger partial charge in [-0.2, -0.15) is 0 Å². The molecule has 2 aliphatic rings. The number of ketones is 1. The van der Waals surface area contributed by atoms with E-state index in [-0.39, 0.29) is 42.4 Å². The third-order valence-corrected chi connectivity index (χ3v) is 9.69. The van der Waals surface area contributed by atoms with Crippen LogP contribution in [0.1, 0.15) is 34.1 Å². The van der Waals surface area contributed by atoms with E-state index in [1.165, 1.54) is 18.2 Å². The number of halogens is 1. The summed E-state index contributed by atoms with van der Waals surface area (Å²) in [5, 5.41) is 0. The Hall–Kier alpha value is -3.59. The summed E-state index contributed by atoms with van der Waals surface area (Å²) >= 11 is 0. The number of aryl methyl sites for hydroxylation is 1. The minimum atomic E-state index is -3.77. The van der Waals surface area contributed by atoms with Crippen molar-refractivity contribution in [2.75, 3.05) is 23.7 Å². The maximum Gasteiger partial charge on any atom is 0.185 e. The molecule has 0 amide bonds. The van der Waals surface area contributed by atoms with Gasteiger partial charge in [0.05, 0.1) is 5.75 Å². The van der Waals surface area contributed by atoms with E-state index in [0.29, 0.717) is 11.3 Å². The lowest BCUT2D eigenvalue weighted by atomic mass is 9.89. The van der Waals surface area contributed by atoms with Crippen LogP contribution in [0.2, 0.25) is 0 Å². The summed E-state index contributed by atoms with van der Waals surface area (Å²) in [6.07, 6.45) is 1.62. The van der Waals surface area contributed by atoms with Gasteiger partial charge in [-0.3, -0.25) is 14.8 Å². The predicted molar refractivity (Wildman–Crippen MR) is 138 cm³/mol. The van der Waals surface area contributed by atoms with Crippen LogP contribution in [0.15, 0.2) is 71.9 Å². The fourth-order valence-electron chi connectivity index (χ4n) is 4.96. The smallest absolute Gasteiger partial charge is 0.185 e. The molecule has 36 heavy (non-hydrogen) atoms. The van der Waals surface area contributed by atoms with Crippen LogP contribution in [-0.4, -0.2) is 48.6 Å². The molecule has 3 heterocycles.